The molecule has 0 unspecified atom stereocenters. The molecular weight excluding hydrogens is 336 g/mol. The molecule has 3 heterocycles. The highest BCUT2D eigenvalue weighted by atomic mass is 32.2. The van der Waals surface area contributed by atoms with Crippen LogP contribution in [0.1, 0.15) is 21.7 Å². The standard InChI is InChI=1S/C18H20N4O2S/c1-5-8-22-12(2)10-14(13(22)3)15(23)11-25-18-20-19-17(21(18)4)16-7-6-9-24-16/h5-7,9-10H,1,8,11H2,2-4H3. The molecule has 3 rings (SSSR count). The molecule has 0 amide bonds. The van der Waals surface area contributed by atoms with Crippen molar-refractivity contribution >= 4 is 17.5 Å². The molecule has 0 radical (unpaired) electrons. The van der Waals surface area contributed by atoms with Gasteiger partial charge >= 0.3 is 0 Å². The lowest BCUT2D eigenvalue weighted by molar-refractivity contribution is 0.102. The number of carbonyl (C=O) groups excluding carboxylic acids is 1. The third-order valence-electron chi connectivity index (χ3n) is 4.09. The molecule has 0 aromatic carbocycles. The molecule has 0 atom stereocenters. The van der Waals surface area contributed by atoms with Gasteiger partial charge in [-0.2, -0.15) is 0 Å². The van der Waals surface area contributed by atoms with E-state index in [9.17, 15) is 4.79 Å². The van der Waals surface area contributed by atoms with Crippen LogP contribution in [0, 0.1) is 13.8 Å². The fourth-order valence-corrected chi connectivity index (χ4v) is 3.56. The summed E-state index contributed by atoms with van der Waals surface area (Å²) in [7, 11) is 1.86. The Morgan fingerprint density at radius 2 is 2.20 bits per heavy atom. The number of rotatable bonds is 7. The monoisotopic (exact) mass is 356 g/mol. The first-order valence-corrected chi connectivity index (χ1v) is 8.88. The van der Waals surface area contributed by atoms with E-state index in [-0.39, 0.29) is 5.78 Å². The third kappa shape index (κ3) is 3.32. The number of nitrogens with zero attached hydrogens (tertiary/aromatic N) is 4. The van der Waals surface area contributed by atoms with Gasteiger partial charge in [0.15, 0.2) is 22.5 Å². The Balaban J connectivity index is 1.73. The average Bonchev–Trinajstić information content (AvgIpc) is 3.29. The van der Waals surface area contributed by atoms with Crippen LogP contribution < -0.4 is 0 Å². The van der Waals surface area contributed by atoms with Gasteiger partial charge in [0.05, 0.1) is 12.0 Å². The van der Waals surface area contributed by atoms with Crippen molar-refractivity contribution < 1.29 is 9.21 Å². The predicted molar refractivity (Wildman–Crippen MR) is 97.9 cm³/mol. The Labute approximate surface area is 150 Å². The van der Waals surface area contributed by atoms with Gasteiger partial charge in [-0.1, -0.05) is 17.8 Å². The summed E-state index contributed by atoms with van der Waals surface area (Å²) in [5.74, 6) is 1.68. The summed E-state index contributed by atoms with van der Waals surface area (Å²) < 4.78 is 9.27. The van der Waals surface area contributed by atoms with Crippen molar-refractivity contribution in [1.29, 1.82) is 0 Å². The van der Waals surface area contributed by atoms with Crippen molar-refractivity contribution in [2.45, 2.75) is 25.5 Å². The zero-order valence-corrected chi connectivity index (χ0v) is 15.3. The summed E-state index contributed by atoms with van der Waals surface area (Å²) >= 11 is 1.37. The van der Waals surface area contributed by atoms with Crippen molar-refractivity contribution in [2.24, 2.45) is 7.05 Å². The Hall–Kier alpha value is -2.54. The maximum atomic E-state index is 12.6. The number of furan rings is 1. The van der Waals surface area contributed by atoms with Crippen LogP contribution >= 0.6 is 11.8 Å². The van der Waals surface area contributed by atoms with Gasteiger partial charge in [0.1, 0.15) is 0 Å². The van der Waals surface area contributed by atoms with Crippen LogP contribution in [-0.2, 0) is 13.6 Å². The topological polar surface area (TPSA) is 65.8 Å². The minimum absolute atomic E-state index is 0.0796. The van der Waals surface area contributed by atoms with Crippen LogP contribution in [0.4, 0.5) is 0 Å². The van der Waals surface area contributed by atoms with Crippen LogP contribution in [0.3, 0.4) is 0 Å². The zero-order chi connectivity index (χ0) is 18.0. The van der Waals surface area contributed by atoms with Crippen molar-refractivity contribution in [3.05, 3.63) is 54.1 Å². The highest BCUT2D eigenvalue weighted by molar-refractivity contribution is 7.99. The Kier molecular flexibility index (Phi) is 4.94. The van der Waals surface area contributed by atoms with Gasteiger partial charge in [-0.05, 0) is 32.0 Å². The number of ketones is 1. The number of Topliss-reactive ketones (excluding diaryl/α,β-unsaturated/α-hetero) is 1. The van der Waals surface area contributed by atoms with E-state index in [0.29, 0.717) is 29.0 Å². The highest BCUT2D eigenvalue weighted by Gasteiger charge is 2.18. The van der Waals surface area contributed by atoms with E-state index in [4.69, 9.17) is 4.42 Å². The van der Waals surface area contributed by atoms with E-state index in [1.807, 2.05) is 43.7 Å². The lowest BCUT2D eigenvalue weighted by Gasteiger charge is -2.06. The second kappa shape index (κ2) is 7.14. The van der Waals surface area contributed by atoms with Crippen LogP contribution in [0.15, 0.2) is 46.7 Å². The Morgan fingerprint density at radius 1 is 1.40 bits per heavy atom. The number of hydrogen-bond acceptors (Lipinski definition) is 5. The van der Waals surface area contributed by atoms with Gasteiger partial charge in [0, 0.05) is 30.5 Å². The number of aryl methyl sites for hydroxylation is 1. The fraction of sp³-hybridized carbons (Fsp3) is 0.278. The maximum Gasteiger partial charge on any atom is 0.200 e. The molecule has 0 saturated carbocycles. The van der Waals surface area contributed by atoms with Gasteiger partial charge in [0.25, 0.3) is 0 Å². The highest BCUT2D eigenvalue weighted by Crippen LogP contribution is 2.24. The average molecular weight is 356 g/mol. The summed E-state index contributed by atoms with van der Waals surface area (Å²) in [6.07, 6.45) is 3.43. The van der Waals surface area contributed by atoms with E-state index in [1.165, 1.54) is 11.8 Å². The Bertz CT molecular complexity index is 906. The molecule has 0 spiro atoms. The molecule has 130 valence electrons. The minimum atomic E-state index is 0.0796. The number of aromatic nitrogens is 4. The van der Waals surface area contributed by atoms with Gasteiger partial charge in [-0.25, -0.2) is 0 Å². The molecule has 3 aromatic rings. The van der Waals surface area contributed by atoms with E-state index in [1.54, 1.807) is 12.3 Å². The number of allylic oxidation sites excluding steroid dienone is 1. The molecule has 0 aliphatic rings. The smallest absolute Gasteiger partial charge is 0.200 e. The SMILES string of the molecule is C=CCn1c(C)cc(C(=O)CSc2nnc(-c3ccco3)n2C)c1C. The van der Waals surface area contributed by atoms with E-state index in [0.717, 1.165) is 17.0 Å². The van der Waals surface area contributed by atoms with Gasteiger partial charge in [0.2, 0.25) is 0 Å². The molecule has 25 heavy (non-hydrogen) atoms. The third-order valence-corrected chi connectivity index (χ3v) is 5.11. The maximum absolute atomic E-state index is 12.6. The summed E-state index contributed by atoms with van der Waals surface area (Å²) in [6.45, 7) is 8.43. The van der Waals surface area contributed by atoms with Gasteiger partial charge in [-0.15, -0.1) is 16.8 Å². The molecule has 0 fully saturated rings. The van der Waals surface area contributed by atoms with Crippen molar-refractivity contribution in [3.8, 4) is 11.6 Å². The van der Waals surface area contributed by atoms with E-state index in [2.05, 4.69) is 21.3 Å². The predicted octanol–water partition coefficient (Wildman–Crippen LogP) is 3.65. The van der Waals surface area contributed by atoms with E-state index >= 15 is 0 Å². The zero-order valence-electron chi connectivity index (χ0n) is 14.5. The summed E-state index contributed by atoms with van der Waals surface area (Å²) in [5, 5.41) is 8.98. The quantitative estimate of drug-likeness (QED) is 0.367. The molecule has 0 bridgehead atoms. The summed E-state index contributed by atoms with van der Waals surface area (Å²) in [6, 6.07) is 5.57. The van der Waals surface area contributed by atoms with Crippen LogP contribution in [0.2, 0.25) is 0 Å². The van der Waals surface area contributed by atoms with Crippen LogP contribution in [0.25, 0.3) is 11.6 Å². The van der Waals surface area contributed by atoms with Crippen molar-refractivity contribution in [1.82, 2.24) is 19.3 Å². The molecule has 6 nitrogen and oxygen atoms in total. The van der Waals surface area contributed by atoms with Crippen molar-refractivity contribution in [2.75, 3.05) is 5.75 Å². The molecule has 0 aliphatic heterocycles. The molecule has 7 heteroatoms. The molecular formula is C18H20N4O2S. The first kappa shape index (κ1) is 17.3. The number of carbonyl (C=O) groups is 1. The largest absolute Gasteiger partial charge is 0.461 e. The fourth-order valence-electron chi connectivity index (χ4n) is 2.76. The van der Waals surface area contributed by atoms with Gasteiger partial charge in [-0.3, -0.25) is 4.79 Å². The molecule has 3 aromatic heterocycles. The second-order valence-corrected chi connectivity index (χ2v) is 6.68. The Morgan fingerprint density at radius 3 is 2.88 bits per heavy atom. The van der Waals surface area contributed by atoms with Gasteiger partial charge < -0.3 is 13.6 Å². The van der Waals surface area contributed by atoms with Crippen molar-refractivity contribution in [3.63, 3.8) is 0 Å². The number of hydrogen-bond donors (Lipinski definition) is 0. The normalized spacial score (nSPS) is 11.0. The van der Waals surface area contributed by atoms with E-state index < -0.39 is 0 Å². The second-order valence-electron chi connectivity index (χ2n) is 5.74. The summed E-state index contributed by atoms with van der Waals surface area (Å²) in [4.78, 5) is 12.6. The van der Waals surface area contributed by atoms with Crippen LogP contribution in [0.5, 0.6) is 0 Å². The summed E-state index contributed by atoms with van der Waals surface area (Å²) in [5.41, 5.74) is 2.78. The van der Waals surface area contributed by atoms with Crippen LogP contribution in [-0.4, -0.2) is 30.9 Å². The minimum Gasteiger partial charge on any atom is -0.461 e. The molecule has 0 saturated heterocycles. The first-order valence-electron chi connectivity index (χ1n) is 7.89. The first-order chi connectivity index (χ1) is 12.0. The molecule has 0 N–H and O–H groups in total. The lowest BCUT2D eigenvalue weighted by atomic mass is 10.2. The molecule has 0 aliphatic carbocycles. The lowest BCUT2D eigenvalue weighted by Crippen LogP contribution is -2.07. The number of thioether (sulfide) groups is 1.